The molecule has 0 saturated carbocycles. The van der Waals surface area contributed by atoms with E-state index in [0.29, 0.717) is 6.54 Å². The zero-order chi connectivity index (χ0) is 14.5. The monoisotopic (exact) mass is 335 g/mol. The molecule has 0 aliphatic heterocycles. The summed E-state index contributed by atoms with van der Waals surface area (Å²) in [6.45, 7) is 2.74. The van der Waals surface area contributed by atoms with Gasteiger partial charge in [0, 0.05) is 11.0 Å². The first kappa shape index (κ1) is 14.7. The molecule has 0 fully saturated rings. The molecular formula is C16H18BrNO2. The van der Waals surface area contributed by atoms with E-state index in [1.807, 2.05) is 37.3 Å². The normalized spacial score (nSPS) is 10.2. The first-order valence-corrected chi connectivity index (χ1v) is 7.14. The highest BCUT2D eigenvalue weighted by molar-refractivity contribution is 9.10. The van der Waals surface area contributed by atoms with Gasteiger partial charge in [-0.2, -0.15) is 0 Å². The summed E-state index contributed by atoms with van der Waals surface area (Å²) in [5.74, 6) is 1.70. The lowest BCUT2D eigenvalue weighted by molar-refractivity contribution is 0.414. The highest BCUT2D eigenvalue weighted by Gasteiger charge is 2.05. The molecule has 0 amide bonds. The van der Waals surface area contributed by atoms with E-state index >= 15 is 0 Å². The van der Waals surface area contributed by atoms with Gasteiger partial charge in [0.15, 0.2) is 0 Å². The third-order valence-corrected chi connectivity index (χ3v) is 3.85. The maximum Gasteiger partial charge on any atom is 0.142 e. The quantitative estimate of drug-likeness (QED) is 0.879. The largest absolute Gasteiger partial charge is 0.497 e. The number of rotatable bonds is 5. The number of ether oxygens (including phenoxy) is 2. The Hall–Kier alpha value is -1.68. The molecule has 106 valence electrons. The summed E-state index contributed by atoms with van der Waals surface area (Å²) in [6, 6.07) is 12.0. The van der Waals surface area contributed by atoms with Crippen LogP contribution in [0.1, 0.15) is 11.1 Å². The molecule has 0 aromatic heterocycles. The second-order valence-corrected chi connectivity index (χ2v) is 5.37. The molecule has 0 heterocycles. The van der Waals surface area contributed by atoms with Crippen LogP contribution < -0.4 is 14.8 Å². The standard InChI is InChI=1S/C16H18BrNO2/c1-11-4-7-15(16(8-11)20-3)18-10-12-9-13(19-2)5-6-14(12)17/h4-9,18H,10H2,1-3H3. The van der Waals surface area contributed by atoms with Crippen molar-refractivity contribution in [2.75, 3.05) is 19.5 Å². The molecule has 0 radical (unpaired) electrons. The molecule has 0 unspecified atom stereocenters. The van der Waals surface area contributed by atoms with Crippen LogP contribution in [0.25, 0.3) is 0 Å². The van der Waals surface area contributed by atoms with E-state index in [2.05, 4.69) is 27.3 Å². The van der Waals surface area contributed by atoms with Gasteiger partial charge >= 0.3 is 0 Å². The van der Waals surface area contributed by atoms with Gasteiger partial charge in [-0.15, -0.1) is 0 Å². The summed E-state index contributed by atoms with van der Waals surface area (Å²) in [4.78, 5) is 0. The molecule has 0 saturated heterocycles. The zero-order valence-electron chi connectivity index (χ0n) is 11.9. The molecule has 2 rings (SSSR count). The molecule has 4 heteroatoms. The van der Waals surface area contributed by atoms with E-state index in [4.69, 9.17) is 9.47 Å². The van der Waals surface area contributed by atoms with E-state index in [-0.39, 0.29) is 0 Å². The summed E-state index contributed by atoms with van der Waals surface area (Å²) >= 11 is 3.55. The molecule has 0 atom stereocenters. The number of nitrogens with one attached hydrogen (secondary N) is 1. The van der Waals surface area contributed by atoms with Crippen LogP contribution in [-0.4, -0.2) is 14.2 Å². The fourth-order valence-corrected chi connectivity index (χ4v) is 2.34. The third-order valence-electron chi connectivity index (χ3n) is 3.08. The zero-order valence-corrected chi connectivity index (χ0v) is 13.5. The van der Waals surface area contributed by atoms with Crippen molar-refractivity contribution >= 4 is 21.6 Å². The van der Waals surface area contributed by atoms with Crippen LogP contribution in [-0.2, 0) is 6.54 Å². The first-order chi connectivity index (χ1) is 9.63. The second kappa shape index (κ2) is 6.66. The lowest BCUT2D eigenvalue weighted by Crippen LogP contribution is -2.02. The van der Waals surface area contributed by atoms with Crippen molar-refractivity contribution in [3.05, 3.63) is 52.0 Å². The summed E-state index contributed by atoms with van der Waals surface area (Å²) in [5.41, 5.74) is 3.29. The smallest absolute Gasteiger partial charge is 0.142 e. The van der Waals surface area contributed by atoms with E-state index in [1.54, 1.807) is 14.2 Å². The van der Waals surface area contributed by atoms with Crippen LogP contribution in [0, 0.1) is 6.92 Å². The second-order valence-electron chi connectivity index (χ2n) is 4.51. The third kappa shape index (κ3) is 3.45. The maximum absolute atomic E-state index is 5.39. The predicted octanol–water partition coefficient (Wildman–Crippen LogP) is 4.39. The van der Waals surface area contributed by atoms with Gasteiger partial charge in [0.2, 0.25) is 0 Å². The Balaban J connectivity index is 2.16. The number of halogens is 1. The number of hydrogen-bond donors (Lipinski definition) is 1. The van der Waals surface area contributed by atoms with Gasteiger partial charge in [-0.3, -0.25) is 0 Å². The average molecular weight is 336 g/mol. The number of aryl methyl sites for hydroxylation is 1. The van der Waals surface area contributed by atoms with E-state index in [1.165, 1.54) is 5.56 Å². The Morgan fingerprint density at radius 3 is 2.55 bits per heavy atom. The van der Waals surface area contributed by atoms with E-state index in [9.17, 15) is 0 Å². The molecule has 0 spiro atoms. The van der Waals surface area contributed by atoms with Gasteiger partial charge in [0.05, 0.1) is 19.9 Å². The summed E-state index contributed by atoms with van der Waals surface area (Å²) < 4.78 is 11.7. The maximum atomic E-state index is 5.39. The van der Waals surface area contributed by atoms with Crippen LogP contribution >= 0.6 is 15.9 Å². The molecule has 0 aliphatic carbocycles. The van der Waals surface area contributed by atoms with Gasteiger partial charge in [0.25, 0.3) is 0 Å². The molecule has 2 aromatic rings. The minimum absolute atomic E-state index is 0.692. The summed E-state index contributed by atoms with van der Waals surface area (Å²) in [5, 5.41) is 3.39. The van der Waals surface area contributed by atoms with Gasteiger partial charge in [-0.05, 0) is 48.4 Å². The van der Waals surface area contributed by atoms with Crippen molar-refractivity contribution in [2.45, 2.75) is 13.5 Å². The lowest BCUT2D eigenvalue weighted by Gasteiger charge is -2.13. The van der Waals surface area contributed by atoms with Crippen molar-refractivity contribution in [1.82, 2.24) is 0 Å². The molecule has 0 aliphatic rings. The molecule has 0 bridgehead atoms. The SMILES string of the molecule is COc1ccc(Br)c(CNc2ccc(C)cc2OC)c1. The minimum Gasteiger partial charge on any atom is -0.497 e. The molecule has 20 heavy (non-hydrogen) atoms. The average Bonchev–Trinajstić information content (AvgIpc) is 2.47. The van der Waals surface area contributed by atoms with Crippen LogP contribution in [0.5, 0.6) is 11.5 Å². The number of methoxy groups -OCH3 is 2. The molecule has 3 nitrogen and oxygen atoms in total. The topological polar surface area (TPSA) is 30.5 Å². The first-order valence-electron chi connectivity index (χ1n) is 6.35. The van der Waals surface area contributed by atoms with E-state index < -0.39 is 0 Å². The van der Waals surface area contributed by atoms with Crippen LogP contribution in [0.4, 0.5) is 5.69 Å². The van der Waals surface area contributed by atoms with Crippen molar-refractivity contribution in [3.8, 4) is 11.5 Å². The van der Waals surface area contributed by atoms with Gasteiger partial charge < -0.3 is 14.8 Å². The number of benzene rings is 2. The van der Waals surface area contributed by atoms with Crippen molar-refractivity contribution in [2.24, 2.45) is 0 Å². The Labute approximate surface area is 128 Å². The summed E-state index contributed by atoms with van der Waals surface area (Å²) in [7, 11) is 3.35. The van der Waals surface area contributed by atoms with Crippen molar-refractivity contribution in [1.29, 1.82) is 0 Å². The van der Waals surface area contributed by atoms with Crippen molar-refractivity contribution < 1.29 is 9.47 Å². The molecular weight excluding hydrogens is 318 g/mol. The minimum atomic E-state index is 0.692. The summed E-state index contributed by atoms with van der Waals surface area (Å²) in [6.07, 6.45) is 0. The Kier molecular flexibility index (Phi) is 4.90. The van der Waals surface area contributed by atoms with Crippen LogP contribution in [0.15, 0.2) is 40.9 Å². The Morgan fingerprint density at radius 2 is 1.85 bits per heavy atom. The molecule has 1 N–H and O–H groups in total. The number of hydrogen-bond acceptors (Lipinski definition) is 3. The highest BCUT2D eigenvalue weighted by Crippen LogP contribution is 2.28. The Morgan fingerprint density at radius 1 is 1.05 bits per heavy atom. The predicted molar refractivity (Wildman–Crippen MR) is 85.8 cm³/mol. The fraction of sp³-hybridized carbons (Fsp3) is 0.250. The lowest BCUT2D eigenvalue weighted by atomic mass is 10.2. The van der Waals surface area contributed by atoms with Crippen LogP contribution in [0.2, 0.25) is 0 Å². The van der Waals surface area contributed by atoms with Crippen molar-refractivity contribution in [3.63, 3.8) is 0 Å². The Bertz CT molecular complexity index is 599. The van der Waals surface area contributed by atoms with Gasteiger partial charge in [-0.25, -0.2) is 0 Å². The van der Waals surface area contributed by atoms with Crippen LogP contribution in [0.3, 0.4) is 0 Å². The fourth-order valence-electron chi connectivity index (χ4n) is 1.95. The van der Waals surface area contributed by atoms with E-state index in [0.717, 1.165) is 27.2 Å². The molecule has 2 aromatic carbocycles. The van der Waals surface area contributed by atoms with Gasteiger partial charge in [0.1, 0.15) is 11.5 Å². The van der Waals surface area contributed by atoms with Gasteiger partial charge in [-0.1, -0.05) is 22.0 Å². The number of anilines is 1. The highest BCUT2D eigenvalue weighted by atomic mass is 79.9.